The first kappa shape index (κ1) is 10.1. The van der Waals surface area contributed by atoms with E-state index in [2.05, 4.69) is 0 Å². The van der Waals surface area contributed by atoms with Crippen LogP contribution in [0.5, 0.6) is 0 Å². The molecule has 2 heteroatoms. The minimum absolute atomic E-state index is 0.00402. The molecule has 0 aromatic carbocycles. The van der Waals surface area contributed by atoms with Gasteiger partial charge in [0.1, 0.15) is 0 Å². The fraction of sp³-hybridized carbons (Fsp3) is 1.00. The van der Waals surface area contributed by atoms with E-state index in [1.165, 1.54) is 38.5 Å². The van der Waals surface area contributed by atoms with Gasteiger partial charge in [-0.05, 0) is 63.2 Å². The number of ether oxygens (including phenoxy) is 1. The lowest BCUT2D eigenvalue weighted by atomic mass is 9.73. The van der Waals surface area contributed by atoms with E-state index in [0.29, 0.717) is 12.2 Å². The van der Waals surface area contributed by atoms with Crippen LogP contribution in [0.3, 0.4) is 0 Å². The van der Waals surface area contributed by atoms with E-state index in [-0.39, 0.29) is 6.10 Å². The zero-order valence-corrected chi connectivity index (χ0v) is 9.40. The summed E-state index contributed by atoms with van der Waals surface area (Å²) in [6.07, 6.45) is 11.2. The van der Waals surface area contributed by atoms with E-state index in [9.17, 15) is 5.11 Å². The van der Waals surface area contributed by atoms with Gasteiger partial charge in [0, 0.05) is 0 Å². The molecule has 2 aliphatic carbocycles. The molecule has 15 heavy (non-hydrogen) atoms. The van der Waals surface area contributed by atoms with Crippen molar-refractivity contribution in [3.05, 3.63) is 0 Å². The Morgan fingerprint density at radius 3 is 2.07 bits per heavy atom. The average Bonchev–Trinajstić information content (AvgIpc) is 2.21. The molecule has 2 bridgehead atoms. The molecule has 4 rings (SSSR count). The van der Waals surface area contributed by atoms with E-state index < -0.39 is 0 Å². The second kappa shape index (κ2) is 4.06. The summed E-state index contributed by atoms with van der Waals surface area (Å²) in [5.41, 5.74) is 0. The van der Waals surface area contributed by atoms with Gasteiger partial charge >= 0.3 is 0 Å². The molecule has 4 aliphatic rings. The van der Waals surface area contributed by atoms with Gasteiger partial charge in [-0.3, -0.25) is 0 Å². The summed E-state index contributed by atoms with van der Waals surface area (Å²) in [5.74, 6) is 1.83. The quantitative estimate of drug-likeness (QED) is 0.758. The third-order valence-corrected chi connectivity index (χ3v) is 4.59. The zero-order valence-electron chi connectivity index (χ0n) is 9.40. The predicted molar refractivity (Wildman–Crippen MR) is 58.6 cm³/mol. The Morgan fingerprint density at radius 1 is 0.867 bits per heavy atom. The van der Waals surface area contributed by atoms with Crippen LogP contribution < -0.4 is 0 Å². The molecule has 2 unspecified atom stereocenters. The number of hydrogen-bond acceptors (Lipinski definition) is 2. The molecule has 2 aliphatic heterocycles. The molecular formula is C13H22O2. The fourth-order valence-corrected chi connectivity index (χ4v) is 3.74. The maximum atomic E-state index is 9.46. The Balaban J connectivity index is 1.45. The first-order valence-corrected chi connectivity index (χ1v) is 6.63. The molecule has 0 radical (unpaired) electrons. The molecule has 1 N–H and O–H groups in total. The zero-order chi connectivity index (χ0) is 10.3. The molecule has 0 aromatic rings. The molecule has 86 valence electrons. The summed E-state index contributed by atoms with van der Waals surface area (Å²) in [4.78, 5) is 0. The monoisotopic (exact) mass is 210 g/mol. The Bertz CT molecular complexity index is 205. The van der Waals surface area contributed by atoms with Crippen molar-refractivity contribution in [2.24, 2.45) is 11.8 Å². The summed E-state index contributed by atoms with van der Waals surface area (Å²) in [6, 6.07) is 0. The predicted octanol–water partition coefficient (Wildman–Crippen LogP) is 2.50. The summed E-state index contributed by atoms with van der Waals surface area (Å²) in [5, 5.41) is 9.46. The van der Waals surface area contributed by atoms with Crippen LogP contribution in [0.2, 0.25) is 0 Å². The van der Waals surface area contributed by atoms with Gasteiger partial charge in [-0.15, -0.1) is 0 Å². The summed E-state index contributed by atoms with van der Waals surface area (Å²) >= 11 is 0. The highest BCUT2D eigenvalue weighted by molar-refractivity contribution is 4.89. The van der Waals surface area contributed by atoms with E-state index >= 15 is 0 Å². The average molecular weight is 210 g/mol. The van der Waals surface area contributed by atoms with E-state index in [1.807, 2.05) is 0 Å². The van der Waals surface area contributed by atoms with E-state index in [4.69, 9.17) is 4.74 Å². The maximum absolute atomic E-state index is 9.46. The second-order valence-corrected chi connectivity index (χ2v) is 5.86. The summed E-state index contributed by atoms with van der Waals surface area (Å²) in [7, 11) is 0. The van der Waals surface area contributed by atoms with E-state index in [0.717, 1.165) is 24.7 Å². The Kier molecular flexibility index (Phi) is 2.73. The van der Waals surface area contributed by atoms with Crippen molar-refractivity contribution in [3.63, 3.8) is 0 Å². The first-order chi connectivity index (χ1) is 7.29. The lowest BCUT2D eigenvalue weighted by molar-refractivity contribution is -0.175. The van der Waals surface area contributed by atoms with E-state index in [1.54, 1.807) is 0 Å². The highest BCUT2D eigenvalue weighted by atomic mass is 16.5. The number of aliphatic hydroxyl groups excluding tert-OH is 1. The van der Waals surface area contributed by atoms with Crippen LogP contribution in [-0.2, 0) is 4.74 Å². The lowest BCUT2D eigenvalue weighted by Gasteiger charge is -2.46. The third-order valence-electron chi connectivity index (χ3n) is 4.59. The van der Waals surface area contributed by atoms with Gasteiger partial charge in [0.05, 0.1) is 18.3 Å². The minimum atomic E-state index is 0.00402. The molecule has 0 amide bonds. The van der Waals surface area contributed by atoms with Crippen molar-refractivity contribution in [1.82, 2.24) is 0 Å². The van der Waals surface area contributed by atoms with Crippen molar-refractivity contribution < 1.29 is 9.84 Å². The maximum Gasteiger partial charge on any atom is 0.0606 e. The number of hydrogen-bond donors (Lipinski definition) is 1. The fourth-order valence-electron chi connectivity index (χ4n) is 3.74. The molecule has 0 aromatic heterocycles. The molecule has 2 saturated carbocycles. The van der Waals surface area contributed by atoms with Gasteiger partial charge in [0.25, 0.3) is 0 Å². The highest BCUT2D eigenvalue weighted by Gasteiger charge is 2.39. The molecule has 4 fully saturated rings. The molecule has 2 heterocycles. The summed E-state index contributed by atoms with van der Waals surface area (Å²) in [6.45, 7) is 0. The number of aliphatic hydroxyl groups is 1. The Labute approximate surface area is 92.0 Å². The van der Waals surface area contributed by atoms with Crippen LogP contribution in [0.15, 0.2) is 0 Å². The van der Waals surface area contributed by atoms with Crippen LogP contribution >= 0.6 is 0 Å². The normalized spacial score (nSPS) is 49.8. The van der Waals surface area contributed by atoms with Gasteiger partial charge in [-0.1, -0.05) is 0 Å². The van der Waals surface area contributed by atoms with Crippen LogP contribution in [0, 0.1) is 11.8 Å². The first-order valence-electron chi connectivity index (χ1n) is 6.63. The molecule has 2 saturated heterocycles. The lowest BCUT2D eigenvalue weighted by Crippen LogP contribution is -2.45. The highest BCUT2D eigenvalue weighted by Crippen LogP contribution is 2.42. The SMILES string of the molecule is OC1CCC(CC2CC3CC(C2)O3)CC1. The molecule has 2 atom stereocenters. The largest absolute Gasteiger partial charge is 0.393 e. The van der Waals surface area contributed by atoms with Crippen molar-refractivity contribution in [2.75, 3.05) is 0 Å². The Hall–Kier alpha value is -0.0800. The van der Waals surface area contributed by atoms with Crippen LogP contribution in [0.4, 0.5) is 0 Å². The minimum Gasteiger partial charge on any atom is -0.393 e. The standard InChI is InChI=1S/C13H22O2/c14-11-3-1-9(2-4-11)5-10-6-12-8-13(7-10)15-12/h9-14H,1-8H2. The van der Waals surface area contributed by atoms with Crippen LogP contribution in [-0.4, -0.2) is 23.4 Å². The smallest absolute Gasteiger partial charge is 0.0606 e. The van der Waals surface area contributed by atoms with Crippen LogP contribution in [0.1, 0.15) is 51.4 Å². The molecule has 2 nitrogen and oxygen atoms in total. The van der Waals surface area contributed by atoms with Gasteiger partial charge in [-0.25, -0.2) is 0 Å². The van der Waals surface area contributed by atoms with Crippen LogP contribution in [0.25, 0.3) is 0 Å². The number of fused-ring (bicyclic) bond motifs is 2. The van der Waals surface area contributed by atoms with Gasteiger partial charge in [-0.2, -0.15) is 0 Å². The van der Waals surface area contributed by atoms with Crippen molar-refractivity contribution >= 4 is 0 Å². The molecule has 0 spiro atoms. The van der Waals surface area contributed by atoms with Gasteiger partial charge in [0.15, 0.2) is 0 Å². The third kappa shape index (κ3) is 2.21. The topological polar surface area (TPSA) is 29.5 Å². The number of rotatable bonds is 2. The second-order valence-electron chi connectivity index (χ2n) is 5.86. The van der Waals surface area contributed by atoms with Gasteiger partial charge in [0.2, 0.25) is 0 Å². The molecular weight excluding hydrogens is 188 g/mol. The van der Waals surface area contributed by atoms with Crippen molar-refractivity contribution in [3.8, 4) is 0 Å². The van der Waals surface area contributed by atoms with Crippen molar-refractivity contribution in [2.45, 2.75) is 69.7 Å². The van der Waals surface area contributed by atoms with Gasteiger partial charge < -0.3 is 9.84 Å². The Morgan fingerprint density at radius 2 is 1.47 bits per heavy atom. The van der Waals surface area contributed by atoms with Crippen molar-refractivity contribution in [1.29, 1.82) is 0 Å². The summed E-state index contributed by atoms with van der Waals surface area (Å²) < 4.78 is 5.67.